The molecular formula is C35H32Cl2N2O3. The van der Waals surface area contributed by atoms with Crippen LogP contribution in [0.1, 0.15) is 53.9 Å². The lowest BCUT2D eigenvalue weighted by Crippen LogP contribution is -2.45. The van der Waals surface area contributed by atoms with E-state index in [2.05, 4.69) is 12.1 Å². The number of benzene rings is 4. The van der Waals surface area contributed by atoms with E-state index in [1.54, 1.807) is 12.0 Å². The Morgan fingerprint density at radius 2 is 1.57 bits per heavy atom. The minimum atomic E-state index is -0.143. The Morgan fingerprint density at radius 3 is 2.26 bits per heavy atom. The number of ether oxygens (including phenoxy) is 1. The summed E-state index contributed by atoms with van der Waals surface area (Å²) in [6, 6.07) is 25.5. The summed E-state index contributed by atoms with van der Waals surface area (Å²) in [5.41, 5.74) is 7.41. The van der Waals surface area contributed by atoms with Gasteiger partial charge in [0.2, 0.25) is 0 Å². The largest absolute Gasteiger partial charge is 0.497 e. The molecule has 1 aliphatic heterocycles. The predicted molar refractivity (Wildman–Crippen MR) is 169 cm³/mol. The molecule has 1 heterocycles. The molecule has 0 N–H and O–H groups in total. The summed E-state index contributed by atoms with van der Waals surface area (Å²) in [6.45, 7) is 2.79. The number of rotatable bonds is 6. The second-order valence-electron chi connectivity index (χ2n) is 11.1. The van der Waals surface area contributed by atoms with Gasteiger partial charge < -0.3 is 9.64 Å². The van der Waals surface area contributed by atoms with Gasteiger partial charge in [0.1, 0.15) is 11.5 Å². The molecule has 0 saturated heterocycles. The zero-order chi connectivity index (χ0) is 29.4. The van der Waals surface area contributed by atoms with Crippen LogP contribution >= 0.6 is 23.2 Å². The van der Waals surface area contributed by atoms with Gasteiger partial charge in [-0.2, -0.15) is 0 Å². The summed E-state index contributed by atoms with van der Waals surface area (Å²) in [4.78, 5) is 30.2. The first-order chi connectivity index (χ1) is 20.3. The van der Waals surface area contributed by atoms with Crippen LogP contribution in [0.25, 0.3) is 11.1 Å². The molecule has 0 spiro atoms. The number of nitrogens with zero attached hydrogens (tertiary/aromatic N) is 2. The SMILES string of the molecule is COc1ccc(CN2Cc3c(-c4ccccc4Cl)cc(C4CCC(=O)CC4)cc3N(c3c(C)cccc3Cl)C2=O)cc1. The third kappa shape index (κ3) is 5.39. The van der Waals surface area contributed by atoms with Crippen molar-refractivity contribution in [3.05, 3.63) is 111 Å². The highest BCUT2D eigenvalue weighted by Gasteiger charge is 2.36. The normalized spacial score (nSPS) is 15.6. The molecule has 0 atom stereocenters. The predicted octanol–water partition coefficient (Wildman–Crippen LogP) is 9.48. The fraction of sp³-hybridized carbons (Fsp3) is 0.257. The molecule has 7 heteroatoms. The second-order valence-corrected chi connectivity index (χ2v) is 11.9. The maximum absolute atomic E-state index is 14.5. The number of aryl methyl sites for hydroxylation is 1. The number of carbonyl (C=O) groups excluding carboxylic acids is 2. The van der Waals surface area contributed by atoms with Gasteiger partial charge in [-0.3, -0.25) is 9.69 Å². The highest BCUT2D eigenvalue weighted by molar-refractivity contribution is 6.34. The van der Waals surface area contributed by atoms with Crippen molar-refractivity contribution >= 4 is 46.4 Å². The number of hydrogen-bond acceptors (Lipinski definition) is 3. The molecule has 2 aliphatic rings. The summed E-state index contributed by atoms with van der Waals surface area (Å²) in [7, 11) is 1.64. The van der Waals surface area contributed by atoms with Gasteiger partial charge in [0.05, 0.1) is 30.1 Å². The van der Waals surface area contributed by atoms with Gasteiger partial charge in [0, 0.05) is 35.5 Å². The van der Waals surface area contributed by atoms with Crippen LogP contribution in [0.5, 0.6) is 5.75 Å². The summed E-state index contributed by atoms with van der Waals surface area (Å²) in [5, 5.41) is 1.16. The van der Waals surface area contributed by atoms with E-state index in [9.17, 15) is 9.59 Å². The van der Waals surface area contributed by atoms with Gasteiger partial charge in [0.15, 0.2) is 0 Å². The van der Waals surface area contributed by atoms with Crippen LogP contribution in [-0.2, 0) is 17.9 Å². The maximum Gasteiger partial charge on any atom is 0.329 e. The van der Waals surface area contributed by atoms with Crippen LogP contribution in [0.3, 0.4) is 0 Å². The molecule has 2 amide bonds. The lowest BCUT2D eigenvalue weighted by molar-refractivity contribution is -0.120. The van der Waals surface area contributed by atoms with E-state index in [1.807, 2.05) is 78.6 Å². The Kier molecular flexibility index (Phi) is 7.98. The molecule has 42 heavy (non-hydrogen) atoms. The maximum atomic E-state index is 14.5. The van der Waals surface area contributed by atoms with E-state index in [0.717, 1.165) is 57.7 Å². The summed E-state index contributed by atoms with van der Waals surface area (Å²) in [6.07, 6.45) is 2.74. The average Bonchev–Trinajstić information content (AvgIpc) is 2.99. The van der Waals surface area contributed by atoms with Crippen molar-refractivity contribution in [1.29, 1.82) is 0 Å². The number of ketones is 1. The highest BCUT2D eigenvalue weighted by atomic mass is 35.5. The number of amides is 2. The molecule has 0 aromatic heterocycles. The molecule has 0 radical (unpaired) electrons. The van der Waals surface area contributed by atoms with E-state index >= 15 is 0 Å². The van der Waals surface area contributed by atoms with Crippen LogP contribution in [0, 0.1) is 6.92 Å². The zero-order valence-corrected chi connectivity index (χ0v) is 25.2. The number of halogens is 2. The van der Waals surface area contributed by atoms with E-state index in [4.69, 9.17) is 27.9 Å². The lowest BCUT2D eigenvalue weighted by Gasteiger charge is -2.40. The van der Waals surface area contributed by atoms with E-state index in [-0.39, 0.29) is 11.9 Å². The number of urea groups is 1. The molecule has 0 unspecified atom stereocenters. The minimum Gasteiger partial charge on any atom is -0.497 e. The first-order valence-electron chi connectivity index (χ1n) is 14.2. The summed E-state index contributed by atoms with van der Waals surface area (Å²) >= 11 is 13.7. The molecule has 214 valence electrons. The monoisotopic (exact) mass is 598 g/mol. The van der Waals surface area contributed by atoms with Gasteiger partial charge in [0.25, 0.3) is 0 Å². The van der Waals surface area contributed by atoms with E-state index in [0.29, 0.717) is 47.4 Å². The smallest absolute Gasteiger partial charge is 0.329 e. The Balaban J connectivity index is 1.56. The first kappa shape index (κ1) is 28.3. The van der Waals surface area contributed by atoms with Crippen LogP contribution < -0.4 is 9.64 Å². The van der Waals surface area contributed by atoms with Crippen LogP contribution in [0.4, 0.5) is 16.2 Å². The number of Topliss-reactive ketones (excluding diaryl/α,β-unsaturated/α-hetero) is 1. The van der Waals surface area contributed by atoms with Crippen molar-refractivity contribution in [2.75, 3.05) is 12.0 Å². The van der Waals surface area contributed by atoms with Crippen molar-refractivity contribution in [2.45, 2.75) is 51.6 Å². The number of carbonyl (C=O) groups is 2. The molecule has 0 bridgehead atoms. The van der Waals surface area contributed by atoms with Crippen molar-refractivity contribution in [1.82, 2.24) is 4.90 Å². The standard InChI is InChI=1S/C35H32Cl2N2O3/c1-22-6-5-9-32(37)34(22)39-33-19-25(24-12-14-26(40)15-13-24)18-29(28-7-3-4-8-31(28)36)30(33)21-38(35(39)41)20-23-10-16-27(42-2)17-11-23/h3-11,16-19,24H,12-15,20-21H2,1-2H3. The van der Waals surface area contributed by atoms with Crippen molar-refractivity contribution in [3.63, 3.8) is 0 Å². The third-order valence-electron chi connectivity index (χ3n) is 8.42. The number of hydrogen-bond donors (Lipinski definition) is 0. The fourth-order valence-corrected chi connectivity index (χ4v) is 6.72. The zero-order valence-electron chi connectivity index (χ0n) is 23.7. The summed E-state index contributed by atoms with van der Waals surface area (Å²) < 4.78 is 5.34. The van der Waals surface area contributed by atoms with Crippen LogP contribution in [0.15, 0.2) is 78.9 Å². The number of methoxy groups -OCH3 is 1. The summed E-state index contributed by atoms with van der Waals surface area (Å²) in [5.74, 6) is 1.30. The number of para-hydroxylation sites is 1. The molecule has 1 saturated carbocycles. The molecule has 1 fully saturated rings. The number of anilines is 2. The Hall–Kier alpha value is -3.80. The molecule has 4 aromatic carbocycles. The van der Waals surface area contributed by atoms with Gasteiger partial charge >= 0.3 is 6.03 Å². The van der Waals surface area contributed by atoms with E-state index < -0.39 is 0 Å². The fourth-order valence-electron chi connectivity index (χ4n) is 6.17. The van der Waals surface area contributed by atoms with E-state index in [1.165, 1.54) is 0 Å². The Bertz CT molecular complexity index is 1640. The molecule has 5 nitrogen and oxygen atoms in total. The Morgan fingerprint density at radius 1 is 0.857 bits per heavy atom. The molecule has 4 aromatic rings. The first-order valence-corrected chi connectivity index (χ1v) is 15.0. The second kappa shape index (κ2) is 11.8. The molecular weight excluding hydrogens is 567 g/mol. The lowest BCUT2D eigenvalue weighted by atomic mass is 9.81. The van der Waals surface area contributed by atoms with Gasteiger partial charge in [-0.1, -0.05) is 71.7 Å². The quantitative estimate of drug-likeness (QED) is 0.222. The van der Waals surface area contributed by atoms with Crippen LogP contribution in [-0.4, -0.2) is 23.8 Å². The van der Waals surface area contributed by atoms with Crippen LogP contribution in [0.2, 0.25) is 10.0 Å². The molecule has 6 rings (SSSR count). The molecule has 1 aliphatic carbocycles. The van der Waals surface area contributed by atoms with Crippen molar-refractivity contribution in [2.24, 2.45) is 0 Å². The van der Waals surface area contributed by atoms with Crippen molar-refractivity contribution < 1.29 is 14.3 Å². The minimum absolute atomic E-state index is 0.143. The third-order valence-corrected chi connectivity index (χ3v) is 9.06. The topological polar surface area (TPSA) is 49.9 Å². The average molecular weight is 600 g/mol. The van der Waals surface area contributed by atoms with Gasteiger partial charge in [-0.25, -0.2) is 4.79 Å². The number of fused-ring (bicyclic) bond motifs is 1. The highest BCUT2D eigenvalue weighted by Crippen LogP contribution is 2.47. The van der Waals surface area contributed by atoms with Gasteiger partial charge in [-0.05, 0) is 78.3 Å². The Labute approximate surface area is 256 Å². The van der Waals surface area contributed by atoms with Crippen molar-refractivity contribution in [3.8, 4) is 16.9 Å². The van der Waals surface area contributed by atoms with Gasteiger partial charge in [-0.15, -0.1) is 0 Å².